The molecule has 5 heteroatoms. The molecule has 1 rings (SSSR count). The predicted octanol–water partition coefficient (Wildman–Crippen LogP) is -0.154. The van der Waals surface area contributed by atoms with E-state index in [-0.39, 0.29) is 5.75 Å². The van der Waals surface area contributed by atoms with Crippen LogP contribution in [0.4, 0.5) is 0 Å². The zero-order chi connectivity index (χ0) is 10.4. The van der Waals surface area contributed by atoms with Gasteiger partial charge in [-0.25, -0.2) is 8.42 Å². The van der Waals surface area contributed by atoms with Crippen molar-refractivity contribution >= 4 is 9.84 Å². The summed E-state index contributed by atoms with van der Waals surface area (Å²) in [6.07, 6.45) is 3.01. The zero-order valence-electron chi connectivity index (χ0n) is 8.61. The molecule has 84 valence electrons. The van der Waals surface area contributed by atoms with Gasteiger partial charge in [0, 0.05) is 6.54 Å². The van der Waals surface area contributed by atoms with Gasteiger partial charge in [0.1, 0.15) is 0 Å². The standard InChI is InChI=1S/C9H20N2O2S/c10-4-3-8-14(12,13)9-7-11-5-1-2-6-11/h1-10H2. The van der Waals surface area contributed by atoms with E-state index >= 15 is 0 Å². The van der Waals surface area contributed by atoms with Crippen molar-refractivity contribution in [3.05, 3.63) is 0 Å². The highest BCUT2D eigenvalue weighted by molar-refractivity contribution is 7.91. The van der Waals surface area contributed by atoms with Crippen LogP contribution < -0.4 is 5.73 Å². The second-order valence-electron chi connectivity index (χ2n) is 3.84. The van der Waals surface area contributed by atoms with Crippen LogP contribution in [0.15, 0.2) is 0 Å². The van der Waals surface area contributed by atoms with Gasteiger partial charge in [-0.3, -0.25) is 0 Å². The molecule has 0 radical (unpaired) electrons. The smallest absolute Gasteiger partial charge is 0.151 e. The largest absolute Gasteiger partial charge is 0.330 e. The molecule has 1 aliphatic rings. The minimum atomic E-state index is -2.85. The van der Waals surface area contributed by atoms with Crippen LogP contribution in [-0.4, -0.2) is 51.0 Å². The molecule has 1 aliphatic heterocycles. The summed E-state index contributed by atoms with van der Waals surface area (Å²) in [5.74, 6) is 0.546. The van der Waals surface area contributed by atoms with Gasteiger partial charge in [-0.05, 0) is 38.9 Å². The Balaban J connectivity index is 2.21. The summed E-state index contributed by atoms with van der Waals surface area (Å²) in [6.45, 7) is 3.29. The van der Waals surface area contributed by atoms with Crippen molar-refractivity contribution in [1.82, 2.24) is 4.90 Å². The van der Waals surface area contributed by atoms with Crippen molar-refractivity contribution in [1.29, 1.82) is 0 Å². The summed E-state index contributed by atoms with van der Waals surface area (Å²) in [7, 11) is -2.85. The number of sulfone groups is 1. The van der Waals surface area contributed by atoms with Gasteiger partial charge in [0.2, 0.25) is 0 Å². The zero-order valence-corrected chi connectivity index (χ0v) is 9.43. The van der Waals surface area contributed by atoms with E-state index in [0.29, 0.717) is 25.3 Å². The number of rotatable bonds is 6. The Kier molecular flexibility index (Phi) is 4.84. The molecule has 0 atom stereocenters. The van der Waals surface area contributed by atoms with Crippen molar-refractivity contribution in [2.45, 2.75) is 19.3 Å². The maximum absolute atomic E-state index is 11.5. The Bertz CT molecular complexity index is 246. The molecule has 0 amide bonds. The quantitative estimate of drug-likeness (QED) is 0.676. The van der Waals surface area contributed by atoms with Crippen LogP contribution in [0, 0.1) is 0 Å². The second kappa shape index (κ2) is 5.68. The van der Waals surface area contributed by atoms with E-state index in [1.165, 1.54) is 12.8 Å². The summed E-state index contributed by atoms with van der Waals surface area (Å²) in [5, 5.41) is 0. The molecule has 1 fully saturated rings. The molecule has 0 aromatic rings. The number of likely N-dealkylation sites (tertiary alicyclic amines) is 1. The fourth-order valence-electron chi connectivity index (χ4n) is 1.68. The molecule has 0 aromatic carbocycles. The Morgan fingerprint density at radius 2 is 1.79 bits per heavy atom. The van der Waals surface area contributed by atoms with Gasteiger partial charge in [0.05, 0.1) is 11.5 Å². The number of hydrogen-bond donors (Lipinski definition) is 1. The van der Waals surface area contributed by atoms with E-state index < -0.39 is 9.84 Å². The lowest BCUT2D eigenvalue weighted by atomic mass is 10.4. The average molecular weight is 220 g/mol. The Morgan fingerprint density at radius 1 is 1.14 bits per heavy atom. The van der Waals surface area contributed by atoms with Crippen LogP contribution in [0.5, 0.6) is 0 Å². The molecule has 1 saturated heterocycles. The van der Waals surface area contributed by atoms with Crippen LogP contribution in [-0.2, 0) is 9.84 Å². The SMILES string of the molecule is NCCCS(=O)(=O)CCN1CCCC1. The third-order valence-corrected chi connectivity index (χ3v) is 4.29. The first-order valence-corrected chi connectivity index (χ1v) is 7.09. The fraction of sp³-hybridized carbons (Fsp3) is 1.00. The Morgan fingerprint density at radius 3 is 2.36 bits per heavy atom. The van der Waals surface area contributed by atoms with Gasteiger partial charge in [-0.1, -0.05) is 0 Å². The minimum absolute atomic E-state index is 0.247. The van der Waals surface area contributed by atoms with Crippen LogP contribution >= 0.6 is 0 Å². The lowest BCUT2D eigenvalue weighted by Crippen LogP contribution is -2.28. The van der Waals surface area contributed by atoms with Gasteiger partial charge in [-0.2, -0.15) is 0 Å². The summed E-state index contributed by atoms with van der Waals surface area (Å²) >= 11 is 0. The van der Waals surface area contributed by atoms with E-state index in [4.69, 9.17) is 5.73 Å². The van der Waals surface area contributed by atoms with Gasteiger partial charge in [0.15, 0.2) is 9.84 Å². The van der Waals surface area contributed by atoms with Crippen molar-refractivity contribution in [2.75, 3.05) is 37.7 Å². The molecule has 1 heterocycles. The highest BCUT2D eigenvalue weighted by atomic mass is 32.2. The molecule has 14 heavy (non-hydrogen) atoms. The first kappa shape index (κ1) is 11.9. The minimum Gasteiger partial charge on any atom is -0.330 e. The highest BCUT2D eigenvalue weighted by Gasteiger charge is 2.15. The lowest BCUT2D eigenvalue weighted by Gasteiger charge is -2.13. The van der Waals surface area contributed by atoms with Gasteiger partial charge < -0.3 is 10.6 Å². The molecule has 0 aromatic heterocycles. The maximum atomic E-state index is 11.5. The lowest BCUT2D eigenvalue weighted by molar-refractivity contribution is 0.359. The van der Waals surface area contributed by atoms with E-state index in [1.54, 1.807) is 0 Å². The molecule has 0 bridgehead atoms. The van der Waals surface area contributed by atoms with Gasteiger partial charge in [-0.15, -0.1) is 0 Å². The third kappa shape index (κ3) is 4.39. The highest BCUT2D eigenvalue weighted by Crippen LogP contribution is 2.07. The molecule has 0 aliphatic carbocycles. The van der Waals surface area contributed by atoms with Crippen molar-refractivity contribution in [3.63, 3.8) is 0 Å². The molecular weight excluding hydrogens is 200 g/mol. The molecular formula is C9H20N2O2S. The number of hydrogen-bond acceptors (Lipinski definition) is 4. The normalized spacial score (nSPS) is 18.9. The first-order valence-electron chi connectivity index (χ1n) is 5.27. The predicted molar refractivity (Wildman–Crippen MR) is 58.0 cm³/mol. The van der Waals surface area contributed by atoms with E-state index in [9.17, 15) is 8.42 Å². The van der Waals surface area contributed by atoms with Gasteiger partial charge >= 0.3 is 0 Å². The van der Waals surface area contributed by atoms with Crippen molar-refractivity contribution < 1.29 is 8.42 Å². The topological polar surface area (TPSA) is 63.4 Å². The summed E-state index contributed by atoms with van der Waals surface area (Å²) < 4.78 is 22.9. The molecule has 4 nitrogen and oxygen atoms in total. The van der Waals surface area contributed by atoms with Crippen LogP contribution in [0.1, 0.15) is 19.3 Å². The monoisotopic (exact) mass is 220 g/mol. The average Bonchev–Trinajstić information content (AvgIpc) is 2.64. The van der Waals surface area contributed by atoms with Crippen molar-refractivity contribution in [2.24, 2.45) is 5.73 Å². The Hall–Kier alpha value is -0.130. The fourth-order valence-corrected chi connectivity index (χ4v) is 3.03. The summed E-state index contributed by atoms with van der Waals surface area (Å²) in [5.41, 5.74) is 5.28. The van der Waals surface area contributed by atoms with Crippen LogP contribution in [0.2, 0.25) is 0 Å². The molecule has 0 spiro atoms. The molecule has 0 unspecified atom stereocenters. The summed E-state index contributed by atoms with van der Waals surface area (Å²) in [6, 6.07) is 0. The maximum Gasteiger partial charge on any atom is 0.151 e. The number of nitrogens with zero attached hydrogens (tertiary/aromatic N) is 1. The second-order valence-corrected chi connectivity index (χ2v) is 6.15. The van der Waals surface area contributed by atoms with Crippen LogP contribution in [0.25, 0.3) is 0 Å². The first-order chi connectivity index (χ1) is 6.64. The van der Waals surface area contributed by atoms with Crippen LogP contribution in [0.3, 0.4) is 0 Å². The summed E-state index contributed by atoms with van der Waals surface area (Å²) in [4.78, 5) is 2.22. The Labute approximate surface area is 86.4 Å². The van der Waals surface area contributed by atoms with E-state index in [0.717, 1.165) is 13.1 Å². The molecule has 0 saturated carbocycles. The third-order valence-electron chi connectivity index (χ3n) is 2.58. The van der Waals surface area contributed by atoms with Gasteiger partial charge in [0.25, 0.3) is 0 Å². The van der Waals surface area contributed by atoms with E-state index in [1.807, 2.05) is 0 Å². The molecule has 2 N–H and O–H groups in total. The number of nitrogens with two attached hydrogens (primary N) is 1. The van der Waals surface area contributed by atoms with Crippen molar-refractivity contribution in [3.8, 4) is 0 Å². The van der Waals surface area contributed by atoms with E-state index in [2.05, 4.69) is 4.90 Å².